The van der Waals surface area contributed by atoms with Gasteiger partial charge in [0.1, 0.15) is 4.90 Å². The first-order valence-electron chi connectivity index (χ1n) is 10.6. The molecule has 2 fully saturated rings. The second-order valence-corrected chi connectivity index (χ2v) is 11.9. The summed E-state index contributed by atoms with van der Waals surface area (Å²) in [5.74, 6) is 0.438. The molecule has 0 radical (unpaired) electrons. The summed E-state index contributed by atoms with van der Waals surface area (Å²) in [4.78, 5) is 2.79. The van der Waals surface area contributed by atoms with E-state index in [1.54, 1.807) is 17.4 Å². The molecule has 1 atom stereocenters. The van der Waals surface area contributed by atoms with Crippen molar-refractivity contribution in [3.8, 4) is 0 Å². The van der Waals surface area contributed by atoms with Gasteiger partial charge in [0.2, 0.25) is 10.0 Å². The van der Waals surface area contributed by atoms with E-state index in [-0.39, 0.29) is 6.04 Å². The Morgan fingerprint density at radius 3 is 2.25 bits per heavy atom. The van der Waals surface area contributed by atoms with Gasteiger partial charge in [-0.05, 0) is 59.7 Å². The van der Waals surface area contributed by atoms with Crippen molar-refractivity contribution in [3.05, 3.63) is 21.6 Å². The highest BCUT2D eigenvalue weighted by Gasteiger charge is 2.42. The zero-order chi connectivity index (χ0) is 19.9. The standard InChI is InChI=1S/C21H30BrClN2O2S/c1-24-20(15-8-4-2-5-9-15)14-25(16-10-6-3-7-11-16)19-13-18(23)17(22)12-21(19)28(24,26)27/h12-13,15-16,20H,2-11,14H2,1H3/t20-/m0/s1. The molecule has 1 aliphatic heterocycles. The third-order valence-electron chi connectivity index (χ3n) is 7.03. The molecule has 0 saturated heterocycles. The number of rotatable bonds is 2. The maximum atomic E-state index is 13.6. The lowest BCUT2D eigenvalue weighted by Crippen LogP contribution is -2.49. The van der Waals surface area contributed by atoms with Crippen LogP contribution in [0.4, 0.5) is 5.69 Å². The summed E-state index contributed by atoms with van der Waals surface area (Å²) in [5.41, 5.74) is 0.797. The number of anilines is 1. The Kier molecular flexibility index (Phi) is 6.32. The number of sulfonamides is 1. The molecule has 0 N–H and O–H groups in total. The molecular formula is C21H30BrClN2O2S. The number of likely N-dealkylation sites (N-methyl/N-ethyl adjacent to an activating group) is 1. The highest BCUT2D eigenvalue weighted by atomic mass is 79.9. The number of nitrogens with zero attached hydrogens (tertiary/aromatic N) is 2. The van der Waals surface area contributed by atoms with E-state index >= 15 is 0 Å². The third kappa shape index (κ3) is 3.86. The normalized spacial score (nSPS) is 27.4. The van der Waals surface area contributed by atoms with E-state index in [2.05, 4.69) is 20.8 Å². The third-order valence-corrected chi connectivity index (χ3v) is 10.1. The van der Waals surface area contributed by atoms with Crippen molar-refractivity contribution in [1.82, 2.24) is 4.31 Å². The van der Waals surface area contributed by atoms with Gasteiger partial charge in [0.25, 0.3) is 0 Å². The molecule has 2 saturated carbocycles. The fourth-order valence-corrected chi connectivity index (χ4v) is 7.67. The minimum absolute atomic E-state index is 0.0252. The number of halogens is 2. The van der Waals surface area contributed by atoms with Gasteiger partial charge in [0.15, 0.2) is 0 Å². The molecule has 156 valence electrons. The zero-order valence-electron chi connectivity index (χ0n) is 16.5. The van der Waals surface area contributed by atoms with Gasteiger partial charge in [-0.1, -0.05) is 50.1 Å². The van der Waals surface area contributed by atoms with Crippen LogP contribution in [0.1, 0.15) is 64.2 Å². The van der Waals surface area contributed by atoms with Crippen LogP contribution in [0.15, 0.2) is 21.5 Å². The molecule has 3 aliphatic rings. The second-order valence-electron chi connectivity index (χ2n) is 8.66. The summed E-state index contributed by atoms with van der Waals surface area (Å²) in [6.45, 7) is 0.774. The fraction of sp³-hybridized carbons (Fsp3) is 0.714. The Labute approximate surface area is 182 Å². The van der Waals surface area contributed by atoms with Crippen molar-refractivity contribution in [2.45, 2.75) is 81.2 Å². The highest BCUT2D eigenvalue weighted by molar-refractivity contribution is 9.10. The van der Waals surface area contributed by atoms with Crippen molar-refractivity contribution < 1.29 is 8.42 Å². The maximum absolute atomic E-state index is 13.6. The zero-order valence-corrected chi connectivity index (χ0v) is 19.7. The Morgan fingerprint density at radius 2 is 1.61 bits per heavy atom. The summed E-state index contributed by atoms with van der Waals surface area (Å²) in [5, 5.41) is 0.577. The molecule has 0 aromatic heterocycles. The SMILES string of the molecule is CN1[C@H](C2CCCCC2)CN(C2CCCCC2)c2cc(Cl)c(Br)cc2S1(=O)=O. The molecule has 4 nitrogen and oxygen atoms in total. The quantitative estimate of drug-likeness (QED) is 0.525. The molecule has 4 rings (SSSR count). The van der Waals surface area contributed by atoms with Crippen LogP contribution >= 0.6 is 27.5 Å². The van der Waals surface area contributed by atoms with Crippen LogP contribution < -0.4 is 4.90 Å². The predicted molar refractivity (Wildman–Crippen MR) is 119 cm³/mol. The van der Waals surface area contributed by atoms with E-state index in [9.17, 15) is 8.42 Å². The van der Waals surface area contributed by atoms with E-state index in [0.29, 0.717) is 26.4 Å². The molecule has 7 heteroatoms. The van der Waals surface area contributed by atoms with Crippen molar-refractivity contribution in [1.29, 1.82) is 0 Å². The number of hydrogen-bond donors (Lipinski definition) is 0. The van der Waals surface area contributed by atoms with Crippen LogP contribution in [-0.4, -0.2) is 38.4 Å². The minimum atomic E-state index is -3.56. The molecule has 1 heterocycles. The van der Waals surface area contributed by atoms with Crippen LogP contribution in [0.25, 0.3) is 0 Å². The topological polar surface area (TPSA) is 40.6 Å². The van der Waals surface area contributed by atoms with Crippen molar-refractivity contribution in [3.63, 3.8) is 0 Å². The first-order valence-corrected chi connectivity index (χ1v) is 13.2. The van der Waals surface area contributed by atoms with Crippen LogP contribution in [0, 0.1) is 5.92 Å². The Morgan fingerprint density at radius 1 is 1.00 bits per heavy atom. The van der Waals surface area contributed by atoms with Crippen molar-refractivity contribution in [2.24, 2.45) is 5.92 Å². The molecule has 1 aromatic carbocycles. The number of benzene rings is 1. The first-order chi connectivity index (χ1) is 13.4. The largest absolute Gasteiger partial charge is 0.366 e. The van der Waals surface area contributed by atoms with Crippen LogP contribution in [0.5, 0.6) is 0 Å². The van der Waals surface area contributed by atoms with Gasteiger partial charge in [0.05, 0.1) is 10.7 Å². The molecule has 2 aliphatic carbocycles. The molecular weight excluding hydrogens is 460 g/mol. The maximum Gasteiger partial charge on any atom is 0.245 e. The lowest BCUT2D eigenvalue weighted by atomic mass is 9.83. The highest BCUT2D eigenvalue weighted by Crippen LogP contribution is 2.43. The van der Waals surface area contributed by atoms with E-state index in [4.69, 9.17) is 11.6 Å². The van der Waals surface area contributed by atoms with Crippen molar-refractivity contribution in [2.75, 3.05) is 18.5 Å². The minimum Gasteiger partial charge on any atom is -0.366 e. The number of hydrogen-bond acceptors (Lipinski definition) is 3. The Bertz CT molecular complexity index is 820. The monoisotopic (exact) mass is 488 g/mol. The number of fused-ring (bicyclic) bond motifs is 1. The summed E-state index contributed by atoms with van der Waals surface area (Å²) in [6, 6.07) is 4.00. The second kappa shape index (κ2) is 8.44. The average molecular weight is 490 g/mol. The van der Waals surface area contributed by atoms with E-state index in [0.717, 1.165) is 37.9 Å². The molecule has 0 bridgehead atoms. The lowest BCUT2D eigenvalue weighted by Gasteiger charge is -2.41. The Balaban J connectivity index is 1.82. The first kappa shape index (κ1) is 21.0. The lowest BCUT2D eigenvalue weighted by molar-refractivity contribution is 0.211. The molecule has 0 amide bonds. The van der Waals surface area contributed by atoms with Crippen LogP contribution in [0.3, 0.4) is 0 Å². The van der Waals surface area contributed by atoms with Gasteiger partial charge in [-0.15, -0.1) is 0 Å². The van der Waals surface area contributed by atoms with Gasteiger partial charge in [-0.2, -0.15) is 4.31 Å². The van der Waals surface area contributed by atoms with Crippen molar-refractivity contribution >= 4 is 43.2 Å². The van der Waals surface area contributed by atoms with E-state index in [1.165, 1.54) is 38.5 Å². The Hall–Kier alpha value is -0.300. The smallest absolute Gasteiger partial charge is 0.245 e. The summed E-state index contributed by atoms with van der Waals surface area (Å²) in [6.07, 6.45) is 11.9. The van der Waals surface area contributed by atoms with Gasteiger partial charge >= 0.3 is 0 Å². The molecule has 1 aromatic rings. The molecule has 28 heavy (non-hydrogen) atoms. The van der Waals surface area contributed by atoms with Gasteiger partial charge in [-0.25, -0.2) is 8.42 Å². The fourth-order valence-electron chi connectivity index (χ4n) is 5.40. The predicted octanol–water partition coefficient (Wildman–Crippen LogP) is 5.82. The van der Waals surface area contributed by atoms with Gasteiger partial charge < -0.3 is 4.90 Å². The molecule has 0 unspecified atom stereocenters. The van der Waals surface area contributed by atoms with E-state index in [1.807, 2.05) is 6.07 Å². The van der Waals surface area contributed by atoms with Crippen LogP contribution in [0.2, 0.25) is 5.02 Å². The van der Waals surface area contributed by atoms with Crippen LogP contribution in [-0.2, 0) is 10.0 Å². The molecule has 0 spiro atoms. The van der Waals surface area contributed by atoms with Gasteiger partial charge in [-0.3, -0.25) is 0 Å². The summed E-state index contributed by atoms with van der Waals surface area (Å²) >= 11 is 9.88. The summed E-state index contributed by atoms with van der Waals surface area (Å²) < 4.78 is 29.5. The van der Waals surface area contributed by atoms with Gasteiger partial charge in [0, 0.05) is 30.1 Å². The summed E-state index contributed by atoms with van der Waals surface area (Å²) in [7, 11) is -1.78. The van der Waals surface area contributed by atoms with E-state index < -0.39 is 10.0 Å². The average Bonchev–Trinajstić information content (AvgIpc) is 2.78.